The smallest absolute Gasteiger partial charge is 0.337 e. The SMILES string of the molecule is COC(=O)C1=CC2=NC(=S)N(CCN(Cc3ccco3)C3CCCC3)C(=O)C2C=C1. The van der Waals surface area contributed by atoms with E-state index in [-0.39, 0.29) is 11.0 Å². The van der Waals surface area contributed by atoms with Gasteiger partial charge in [0, 0.05) is 19.1 Å². The summed E-state index contributed by atoms with van der Waals surface area (Å²) < 4.78 is 10.3. The van der Waals surface area contributed by atoms with E-state index in [1.54, 1.807) is 29.4 Å². The van der Waals surface area contributed by atoms with Crippen molar-refractivity contribution in [1.82, 2.24) is 9.80 Å². The Morgan fingerprint density at radius 2 is 2.20 bits per heavy atom. The van der Waals surface area contributed by atoms with Crippen molar-refractivity contribution in [2.24, 2.45) is 10.9 Å². The lowest BCUT2D eigenvalue weighted by Gasteiger charge is -2.34. The van der Waals surface area contributed by atoms with Crippen LogP contribution >= 0.6 is 12.2 Å². The zero-order valence-electron chi connectivity index (χ0n) is 17.0. The molecule has 0 spiro atoms. The van der Waals surface area contributed by atoms with Crippen LogP contribution < -0.4 is 0 Å². The van der Waals surface area contributed by atoms with Gasteiger partial charge in [-0.2, -0.15) is 0 Å². The molecule has 1 saturated carbocycles. The predicted molar refractivity (Wildman–Crippen MR) is 116 cm³/mol. The molecule has 2 aliphatic carbocycles. The first-order valence-electron chi connectivity index (χ1n) is 10.3. The maximum absolute atomic E-state index is 13.1. The Morgan fingerprint density at radius 1 is 1.40 bits per heavy atom. The number of nitrogens with zero attached hydrogens (tertiary/aromatic N) is 3. The molecule has 1 aliphatic heterocycles. The van der Waals surface area contributed by atoms with Gasteiger partial charge < -0.3 is 9.15 Å². The second kappa shape index (κ2) is 9.06. The van der Waals surface area contributed by atoms with Crippen LogP contribution in [0.15, 0.2) is 51.6 Å². The van der Waals surface area contributed by atoms with Gasteiger partial charge in [0.05, 0.1) is 37.1 Å². The molecule has 1 aromatic heterocycles. The number of ether oxygens (including phenoxy) is 1. The van der Waals surface area contributed by atoms with E-state index in [0.717, 1.165) is 25.1 Å². The minimum Gasteiger partial charge on any atom is -0.468 e. The Morgan fingerprint density at radius 3 is 2.90 bits per heavy atom. The highest BCUT2D eigenvalue weighted by Gasteiger charge is 2.36. The second-order valence-electron chi connectivity index (χ2n) is 7.73. The first-order chi connectivity index (χ1) is 14.6. The number of rotatable bonds is 7. The molecule has 8 heteroatoms. The maximum Gasteiger partial charge on any atom is 0.337 e. The number of amides is 1. The number of furan rings is 1. The van der Waals surface area contributed by atoms with E-state index in [1.807, 2.05) is 12.1 Å². The van der Waals surface area contributed by atoms with E-state index in [1.165, 1.54) is 20.0 Å². The highest BCUT2D eigenvalue weighted by Crippen LogP contribution is 2.26. The molecule has 0 bridgehead atoms. The Balaban J connectivity index is 1.46. The van der Waals surface area contributed by atoms with Crippen molar-refractivity contribution in [2.75, 3.05) is 20.2 Å². The summed E-state index contributed by atoms with van der Waals surface area (Å²) in [4.78, 5) is 33.3. The molecule has 0 aromatic carbocycles. The molecule has 7 nitrogen and oxygen atoms in total. The van der Waals surface area contributed by atoms with Crippen LogP contribution in [0, 0.1) is 5.92 Å². The zero-order valence-corrected chi connectivity index (χ0v) is 17.8. The monoisotopic (exact) mass is 427 g/mol. The van der Waals surface area contributed by atoms with E-state index in [0.29, 0.717) is 30.4 Å². The summed E-state index contributed by atoms with van der Waals surface area (Å²) in [6, 6.07) is 4.36. The van der Waals surface area contributed by atoms with Crippen molar-refractivity contribution in [3.05, 3.63) is 48.0 Å². The number of thiocarbonyl (C=S) groups is 1. The fourth-order valence-corrected chi connectivity index (χ4v) is 4.57. The van der Waals surface area contributed by atoms with Crippen molar-refractivity contribution >= 4 is 34.9 Å². The van der Waals surface area contributed by atoms with Crippen molar-refractivity contribution in [3.8, 4) is 0 Å². The Labute approximate surface area is 181 Å². The summed E-state index contributed by atoms with van der Waals surface area (Å²) in [7, 11) is 1.32. The number of carbonyl (C=O) groups is 2. The number of aliphatic imine (C=N–C) groups is 1. The van der Waals surface area contributed by atoms with E-state index < -0.39 is 11.9 Å². The lowest BCUT2D eigenvalue weighted by atomic mass is 9.92. The molecule has 1 unspecified atom stereocenters. The Hall–Kier alpha value is -2.58. The number of allylic oxidation sites excluding steroid dienone is 1. The number of hydrogen-bond donors (Lipinski definition) is 0. The number of hydrogen-bond acceptors (Lipinski definition) is 6. The first-order valence-corrected chi connectivity index (χ1v) is 10.7. The third kappa shape index (κ3) is 4.29. The van der Waals surface area contributed by atoms with Gasteiger partial charge in [0.15, 0.2) is 0 Å². The van der Waals surface area contributed by atoms with Gasteiger partial charge in [-0.25, -0.2) is 9.79 Å². The zero-order chi connectivity index (χ0) is 21.1. The van der Waals surface area contributed by atoms with E-state index >= 15 is 0 Å². The lowest BCUT2D eigenvalue weighted by molar-refractivity contribution is -0.135. The van der Waals surface area contributed by atoms with E-state index in [2.05, 4.69) is 9.89 Å². The van der Waals surface area contributed by atoms with Crippen LogP contribution in [-0.4, -0.2) is 58.7 Å². The van der Waals surface area contributed by atoms with Gasteiger partial charge in [0.1, 0.15) is 5.76 Å². The van der Waals surface area contributed by atoms with Crippen LogP contribution in [0.1, 0.15) is 31.4 Å². The predicted octanol–water partition coefficient (Wildman–Crippen LogP) is 2.88. The summed E-state index contributed by atoms with van der Waals surface area (Å²) >= 11 is 5.42. The summed E-state index contributed by atoms with van der Waals surface area (Å²) in [5.41, 5.74) is 0.856. The first kappa shape index (κ1) is 20.7. The van der Waals surface area contributed by atoms with Crippen LogP contribution in [0.3, 0.4) is 0 Å². The maximum atomic E-state index is 13.1. The molecule has 4 rings (SSSR count). The van der Waals surface area contributed by atoms with Crippen molar-refractivity contribution in [1.29, 1.82) is 0 Å². The summed E-state index contributed by atoms with van der Waals surface area (Å²) in [6.45, 7) is 1.89. The lowest BCUT2D eigenvalue weighted by Crippen LogP contribution is -2.49. The van der Waals surface area contributed by atoms with Crippen LogP contribution in [0.2, 0.25) is 0 Å². The fraction of sp³-hybridized carbons (Fsp3) is 0.455. The number of methoxy groups -OCH3 is 1. The topological polar surface area (TPSA) is 75.3 Å². The molecule has 3 aliphatic rings. The molecule has 0 radical (unpaired) electrons. The van der Waals surface area contributed by atoms with E-state index in [9.17, 15) is 9.59 Å². The van der Waals surface area contributed by atoms with Gasteiger partial charge >= 0.3 is 5.97 Å². The van der Waals surface area contributed by atoms with Gasteiger partial charge in [-0.05, 0) is 43.3 Å². The molecule has 1 amide bonds. The Kier molecular flexibility index (Phi) is 6.24. The highest BCUT2D eigenvalue weighted by atomic mass is 32.1. The quantitative estimate of drug-likeness (QED) is 0.492. The largest absolute Gasteiger partial charge is 0.468 e. The van der Waals surface area contributed by atoms with Crippen LogP contribution in [-0.2, 0) is 20.9 Å². The summed E-state index contributed by atoms with van der Waals surface area (Å²) in [5, 5.41) is 0.242. The molecule has 0 saturated heterocycles. The molecule has 158 valence electrons. The minimum atomic E-state index is -0.518. The van der Waals surface area contributed by atoms with Gasteiger partial charge in [0.2, 0.25) is 11.0 Å². The minimum absolute atomic E-state index is 0.106. The van der Waals surface area contributed by atoms with Gasteiger partial charge in [-0.15, -0.1) is 0 Å². The van der Waals surface area contributed by atoms with Crippen LogP contribution in [0.25, 0.3) is 0 Å². The molecule has 0 N–H and O–H groups in total. The number of carbonyl (C=O) groups excluding carboxylic acids is 2. The third-order valence-corrected chi connectivity index (χ3v) is 6.20. The van der Waals surface area contributed by atoms with E-state index in [4.69, 9.17) is 21.4 Å². The standard InChI is InChI=1S/C22H25N3O4S/c1-28-21(27)15-8-9-18-19(13-15)23-22(30)25(20(18)26)11-10-24(16-5-2-3-6-16)14-17-7-4-12-29-17/h4,7-9,12-13,16,18H,2-3,5-6,10-11,14H2,1H3. The summed E-state index contributed by atoms with van der Waals surface area (Å²) in [6.07, 6.45) is 11.4. The number of esters is 1. The highest BCUT2D eigenvalue weighted by molar-refractivity contribution is 7.80. The molecular formula is C22H25N3O4S. The normalized spacial score (nSPS) is 21.7. The average Bonchev–Trinajstić information content (AvgIpc) is 3.46. The van der Waals surface area contributed by atoms with Crippen LogP contribution in [0.5, 0.6) is 0 Å². The average molecular weight is 428 g/mol. The van der Waals surface area contributed by atoms with Crippen molar-refractivity contribution in [2.45, 2.75) is 38.3 Å². The van der Waals surface area contributed by atoms with Crippen LogP contribution in [0.4, 0.5) is 0 Å². The van der Waals surface area contributed by atoms with Gasteiger partial charge in [-0.3, -0.25) is 14.6 Å². The third-order valence-electron chi connectivity index (χ3n) is 5.89. The second-order valence-corrected chi connectivity index (χ2v) is 8.09. The fourth-order valence-electron chi connectivity index (χ4n) is 4.28. The van der Waals surface area contributed by atoms with Gasteiger partial charge in [-0.1, -0.05) is 25.0 Å². The van der Waals surface area contributed by atoms with Gasteiger partial charge in [0.25, 0.3) is 0 Å². The van der Waals surface area contributed by atoms with Crippen molar-refractivity contribution < 1.29 is 18.7 Å². The molecular weight excluding hydrogens is 402 g/mol. The molecule has 2 heterocycles. The molecule has 1 atom stereocenters. The molecule has 1 fully saturated rings. The van der Waals surface area contributed by atoms with Crippen molar-refractivity contribution in [3.63, 3.8) is 0 Å². The number of fused-ring (bicyclic) bond motifs is 1. The molecule has 1 aromatic rings. The summed E-state index contributed by atoms with van der Waals surface area (Å²) in [5.74, 6) is -0.162. The molecule has 30 heavy (non-hydrogen) atoms. The Bertz CT molecular complexity index is 913.